The molecule has 0 spiro atoms. The van der Waals surface area contributed by atoms with E-state index in [1.807, 2.05) is 0 Å². The number of benzene rings is 2. The fourth-order valence-electron chi connectivity index (χ4n) is 1.77. The van der Waals surface area contributed by atoms with Gasteiger partial charge in [-0.2, -0.15) is 8.42 Å². The average molecular weight is 318 g/mol. The van der Waals surface area contributed by atoms with Crippen LogP contribution in [0.1, 0.15) is 0 Å². The molecule has 0 fully saturated rings. The zero-order valence-electron chi connectivity index (χ0n) is 10.5. The van der Waals surface area contributed by atoms with Gasteiger partial charge in [-0.05, 0) is 17.9 Å². The minimum atomic E-state index is -4.77. The van der Waals surface area contributed by atoms with Gasteiger partial charge in [-0.3, -0.25) is 14.7 Å². The molecule has 0 saturated heterocycles. The number of nitro benzene ring substituents is 1. The molecule has 0 unspecified atom stereocenters. The second kappa shape index (κ2) is 5.92. The van der Waals surface area contributed by atoms with Gasteiger partial charge in [0.05, 0.1) is 10.3 Å². The molecule has 0 saturated carbocycles. The molecule has 102 valence electrons. The van der Waals surface area contributed by atoms with Crippen LogP contribution in [0.15, 0.2) is 29.2 Å². The van der Waals surface area contributed by atoms with Gasteiger partial charge in [0.15, 0.2) is 4.98 Å². The summed E-state index contributed by atoms with van der Waals surface area (Å²) in [5.41, 5.74) is -0.910. The van der Waals surface area contributed by atoms with Gasteiger partial charge in [0.25, 0.3) is 15.8 Å². The first kappa shape index (κ1) is 17.3. The van der Waals surface area contributed by atoms with Crippen LogP contribution in [0, 0.1) is 15.5 Å². The molecular weight excluding hydrogens is 313 g/mol. The molecule has 2 aromatic carbocycles. The number of diazo groups is 1. The fourth-order valence-corrected chi connectivity index (χ4v) is 2.47. The zero-order chi connectivity index (χ0) is 15.1. The summed E-state index contributed by atoms with van der Waals surface area (Å²) in [6, 6.07) is 3.49. The van der Waals surface area contributed by atoms with Gasteiger partial charge in [0, 0.05) is 17.5 Å². The van der Waals surface area contributed by atoms with Crippen molar-refractivity contribution in [3.63, 3.8) is 0 Å². The monoisotopic (exact) mass is 318 g/mol. The van der Waals surface area contributed by atoms with Gasteiger partial charge in [-0.1, -0.05) is 0 Å². The predicted molar refractivity (Wildman–Crippen MR) is 64.6 cm³/mol. The maximum absolute atomic E-state index is 11.6. The van der Waals surface area contributed by atoms with E-state index in [-0.39, 0.29) is 40.3 Å². The molecule has 0 bridgehead atoms. The largest absolute Gasteiger partial charge is 1.00 e. The molecule has 0 aliphatic carbocycles. The number of fused-ring (bicyclic) bond motifs is 1. The summed E-state index contributed by atoms with van der Waals surface area (Å²) in [5.74, 6) is -0.943. The Bertz CT molecular complexity index is 890. The van der Waals surface area contributed by atoms with E-state index in [1.54, 1.807) is 0 Å². The Morgan fingerprint density at radius 2 is 1.86 bits per heavy atom. The fraction of sp³-hybridized carbons (Fsp3) is 0. The first-order valence-corrected chi connectivity index (χ1v) is 6.44. The zero-order valence-corrected chi connectivity index (χ0v) is 13.4. The summed E-state index contributed by atoms with van der Waals surface area (Å²) < 4.78 is 31.5. The number of hydrogen-bond donors (Lipinski definition) is 1. The summed E-state index contributed by atoms with van der Waals surface area (Å²) in [7, 11) is -4.77. The van der Waals surface area contributed by atoms with Crippen LogP contribution in [0.25, 0.3) is 15.7 Å². The number of hydrogen-bond acceptors (Lipinski definition) is 6. The van der Waals surface area contributed by atoms with Crippen LogP contribution >= 0.6 is 0 Å². The molecule has 0 aliphatic heterocycles. The summed E-state index contributed by atoms with van der Waals surface area (Å²) in [6.45, 7) is 0. The quantitative estimate of drug-likeness (QED) is 0.234. The van der Waals surface area contributed by atoms with E-state index in [2.05, 4.69) is 4.98 Å². The van der Waals surface area contributed by atoms with E-state index in [0.717, 1.165) is 18.2 Å². The second-order valence-corrected chi connectivity index (χ2v) is 5.17. The maximum atomic E-state index is 11.6. The van der Waals surface area contributed by atoms with Crippen molar-refractivity contribution < 1.29 is 52.6 Å². The smallest absolute Gasteiger partial charge is 0.867 e. The van der Waals surface area contributed by atoms with E-state index in [1.165, 1.54) is 0 Å². The molecule has 0 radical (unpaired) electrons. The molecule has 1 N–H and O–H groups in total. The molecule has 0 aromatic heterocycles. The van der Waals surface area contributed by atoms with E-state index in [4.69, 9.17) is 9.95 Å². The molecule has 0 amide bonds. The molecule has 0 aliphatic rings. The van der Waals surface area contributed by atoms with Crippen molar-refractivity contribution >= 4 is 32.3 Å². The third-order valence-corrected chi connectivity index (χ3v) is 3.50. The SMILES string of the molecule is N#[N+]c1c([O-])cc(S(=O)(=O)O)c2cc([N+](=O)[O-])ccc12.[Na+]. The molecule has 11 heteroatoms. The first-order chi connectivity index (χ1) is 9.25. The summed E-state index contributed by atoms with van der Waals surface area (Å²) >= 11 is 0. The second-order valence-electron chi connectivity index (χ2n) is 3.78. The number of nitrogens with zero attached hydrogens (tertiary/aromatic N) is 3. The number of nitro groups is 1. The van der Waals surface area contributed by atoms with Crippen LogP contribution in [-0.2, 0) is 10.1 Å². The van der Waals surface area contributed by atoms with Gasteiger partial charge in [-0.25, -0.2) is 0 Å². The van der Waals surface area contributed by atoms with Crippen LogP contribution in [0.5, 0.6) is 5.75 Å². The predicted octanol–water partition coefficient (Wildman–Crippen LogP) is -1.44. The molecule has 0 heterocycles. The Balaban J connectivity index is 0.00000220. The summed E-state index contributed by atoms with van der Waals surface area (Å²) in [5, 5.41) is 30.6. The van der Waals surface area contributed by atoms with Crippen molar-refractivity contribution in [3.8, 4) is 5.75 Å². The van der Waals surface area contributed by atoms with Crippen LogP contribution in [-0.4, -0.2) is 17.9 Å². The molecule has 21 heavy (non-hydrogen) atoms. The Kier molecular flexibility index (Phi) is 4.87. The summed E-state index contributed by atoms with van der Waals surface area (Å²) in [4.78, 5) is 11.9. The van der Waals surface area contributed by atoms with Crippen molar-refractivity contribution in [2.75, 3.05) is 0 Å². The number of non-ortho nitro benzene ring substituents is 1. The van der Waals surface area contributed by atoms with Gasteiger partial charge < -0.3 is 5.11 Å². The molecule has 2 aromatic rings. The van der Waals surface area contributed by atoms with Crippen molar-refractivity contribution in [2.45, 2.75) is 4.90 Å². The molecule has 2 rings (SSSR count). The van der Waals surface area contributed by atoms with E-state index in [0.29, 0.717) is 6.07 Å². The number of rotatable bonds is 2. The molecule has 0 atom stereocenters. The van der Waals surface area contributed by atoms with Crippen LogP contribution in [0.3, 0.4) is 0 Å². The Labute approximate surface area is 140 Å². The van der Waals surface area contributed by atoms with E-state index < -0.39 is 37.1 Å². The third kappa shape index (κ3) is 3.12. The third-order valence-electron chi connectivity index (χ3n) is 2.61. The summed E-state index contributed by atoms with van der Waals surface area (Å²) in [6.07, 6.45) is 0. The average Bonchev–Trinajstić information content (AvgIpc) is 2.36. The topological polar surface area (TPSA) is 149 Å². The van der Waals surface area contributed by atoms with Crippen molar-refractivity contribution in [3.05, 3.63) is 39.4 Å². The van der Waals surface area contributed by atoms with Crippen molar-refractivity contribution in [1.82, 2.24) is 0 Å². The minimum absolute atomic E-state index is 0. The van der Waals surface area contributed by atoms with Gasteiger partial charge in [0.2, 0.25) is 5.39 Å². The van der Waals surface area contributed by atoms with Crippen LogP contribution < -0.4 is 34.7 Å². The van der Waals surface area contributed by atoms with Crippen molar-refractivity contribution in [1.29, 1.82) is 5.39 Å². The maximum Gasteiger partial charge on any atom is 1.00 e. The molecule has 9 nitrogen and oxygen atoms in total. The Morgan fingerprint density at radius 1 is 1.24 bits per heavy atom. The van der Waals surface area contributed by atoms with Crippen LogP contribution in [0.4, 0.5) is 11.4 Å². The van der Waals surface area contributed by atoms with Gasteiger partial charge >= 0.3 is 35.2 Å². The Hall–Kier alpha value is -1.77. The standard InChI is InChI=1S/C10H5N3O6S.Na/c11-12-10-6-2-1-5(13(15)16)3-7(6)9(4-8(10)14)20(17,18)19;/h1-4H,(H-,14,17,18,19);/q;+1. The normalized spacial score (nSPS) is 10.7. The van der Waals surface area contributed by atoms with Gasteiger partial charge in [0.1, 0.15) is 4.90 Å². The minimum Gasteiger partial charge on any atom is -0.867 e. The van der Waals surface area contributed by atoms with E-state index >= 15 is 0 Å². The van der Waals surface area contributed by atoms with Crippen molar-refractivity contribution in [2.24, 2.45) is 0 Å². The first-order valence-electron chi connectivity index (χ1n) is 5.00. The van der Waals surface area contributed by atoms with Crippen LogP contribution in [0.2, 0.25) is 0 Å². The van der Waals surface area contributed by atoms with E-state index in [9.17, 15) is 23.6 Å². The van der Waals surface area contributed by atoms with Gasteiger partial charge in [-0.15, -0.1) is 0 Å². The molecular formula is C10H5N3NaO6S+. The Morgan fingerprint density at radius 3 is 2.33 bits per heavy atom.